The molecule has 68 valence electrons. The van der Waals surface area contributed by atoms with Crippen LogP contribution in [0.3, 0.4) is 0 Å². The SMILES string of the molecule is O=C1NSc2cc(F)c(Cl)cc2N1. The first kappa shape index (κ1) is 8.65. The highest BCUT2D eigenvalue weighted by Gasteiger charge is 2.16. The number of urea groups is 1. The molecule has 0 saturated carbocycles. The Morgan fingerprint density at radius 3 is 3.00 bits per heavy atom. The van der Waals surface area contributed by atoms with E-state index in [0.717, 1.165) is 11.9 Å². The fraction of sp³-hybridized carbons (Fsp3) is 0. The normalized spacial score (nSPS) is 14.5. The lowest BCUT2D eigenvalue weighted by molar-refractivity contribution is 0.257. The fourth-order valence-corrected chi connectivity index (χ4v) is 1.76. The van der Waals surface area contributed by atoms with Crippen LogP contribution < -0.4 is 10.0 Å². The highest BCUT2D eigenvalue weighted by Crippen LogP contribution is 2.32. The summed E-state index contributed by atoms with van der Waals surface area (Å²) in [6.45, 7) is 0. The summed E-state index contributed by atoms with van der Waals surface area (Å²) < 4.78 is 15.4. The van der Waals surface area contributed by atoms with Gasteiger partial charge in [0.05, 0.1) is 15.6 Å². The molecule has 3 nitrogen and oxygen atoms in total. The van der Waals surface area contributed by atoms with E-state index < -0.39 is 5.82 Å². The van der Waals surface area contributed by atoms with E-state index in [9.17, 15) is 9.18 Å². The summed E-state index contributed by atoms with van der Waals surface area (Å²) in [6, 6.07) is 2.33. The lowest BCUT2D eigenvalue weighted by Gasteiger charge is -2.16. The van der Waals surface area contributed by atoms with Crippen LogP contribution in [0.25, 0.3) is 0 Å². The molecule has 0 aromatic heterocycles. The lowest BCUT2D eigenvalue weighted by atomic mass is 10.3. The topological polar surface area (TPSA) is 41.1 Å². The smallest absolute Gasteiger partial charge is 0.306 e. The fourth-order valence-electron chi connectivity index (χ4n) is 0.960. The molecule has 1 heterocycles. The van der Waals surface area contributed by atoms with Gasteiger partial charge in [-0.1, -0.05) is 11.6 Å². The molecule has 2 amide bonds. The van der Waals surface area contributed by atoms with Crippen molar-refractivity contribution in [1.82, 2.24) is 4.72 Å². The molecule has 6 heteroatoms. The number of fused-ring (bicyclic) bond motifs is 1. The molecule has 0 bridgehead atoms. The Morgan fingerprint density at radius 2 is 2.23 bits per heavy atom. The number of rotatable bonds is 0. The largest absolute Gasteiger partial charge is 0.329 e. The number of hydrogen-bond acceptors (Lipinski definition) is 2. The first-order chi connectivity index (χ1) is 6.16. The van der Waals surface area contributed by atoms with Crippen LogP contribution in [-0.2, 0) is 0 Å². The monoisotopic (exact) mass is 218 g/mol. The Morgan fingerprint density at radius 1 is 1.46 bits per heavy atom. The van der Waals surface area contributed by atoms with Crippen molar-refractivity contribution in [2.45, 2.75) is 4.90 Å². The highest BCUT2D eigenvalue weighted by molar-refractivity contribution is 7.98. The van der Waals surface area contributed by atoms with Crippen molar-refractivity contribution >= 4 is 35.3 Å². The van der Waals surface area contributed by atoms with Gasteiger partial charge < -0.3 is 5.32 Å². The third-order valence-electron chi connectivity index (χ3n) is 1.52. The van der Waals surface area contributed by atoms with Crippen LogP contribution in [0.15, 0.2) is 17.0 Å². The number of halogens is 2. The van der Waals surface area contributed by atoms with Crippen molar-refractivity contribution in [2.24, 2.45) is 0 Å². The van der Waals surface area contributed by atoms with Gasteiger partial charge in [0.25, 0.3) is 0 Å². The van der Waals surface area contributed by atoms with E-state index in [1.54, 1.807) is 0 Å². The Balaban J connectivity index is 2.49. The Hall–Kier alpha value is -0.940. The maximum Gasteiger partial charge on any atom is 0.329 e. The minimum Gasteiger partial charge on any atom is -0.306 e. The van der Waals surface area contributed by atoms with Crippen molar-refractivity contribution in [3.63, 3.8) is 0 Å². The molecule has 1 aromatic rings. The average Bonchev–Trinajstić information content (AvgIpc) is 2.08. The summed E-state index contributed by atoms with van der Waals surface area (Å²) in [6.07, 6.45) is 0. The van der Waals surface area contributed by atoms with Crippen molar-refractivity contribution in [1.29, 1.82) is 0 Å². The standard InChI is InChI=1S/C7H4ClFN2OS/c8-3-1-5-6(2-4(3)9)13-11-7(12)10-5/h1-2H,(H2,10,11,12). The zero-order valence-electron chi connectivity index (χ0n) is 6.23. The van der Waals surface area contributed by atoms with Crippen LogP contribution in [-0.4, -0.2) is 6.03 Å². The van der Waals surface area contributed by atoms with Crippen LogP contribution in [0.5, 0.6) is 0 Å². The molecule has 1 aliphatic heterocycles. The zero-order valence-corrected chi connectivity index (χ0v) is 7.80. The molecule has 0 atom stereocenters. The van der Waals surface area contributed by atoms with Crippen molar-refractivity contribution < 1.29 is 9.18 Å². The Bertz CT molecular complexity index is 385. The van der Waals surface area contributed by atoms with Gasteiger partial charge in [0.1, 0.15) is 5.82 Å². The molecular weight excluding hydrogens is 215 g/mol. The number of hydrogen-bond donors (Lipinski definition) is 2. The second-order valence-corrected chi connectivity index (χ2v) is 3.68. The number of nitrogens with one attached hydrogen (secondary N) is 2. The molecule has 1 aromatic carbocycles. The third kappa shape index (κ3) is 1.57. The zero-order chi connectivity index (χ0) is 9.42. The van der Waals surface area contributed by atoms with Crippen molar-refractivity contribution in [3.8, 4) is 0 Å². The molecular formula is C7H4ClFN2OS. The number of anilines is 1. The molecule has 0 radical (unpaired) electrons. The minimum absolute atomic E-state index is 0.00144. The van der Waals surface area contributed by atoms with Gasteiger partial charge in [-0.15, -0.1) is 0 Å². The number of carbonyl (C=O) groups excluding carboxylic acids is 1. The van der Waals surface area contributed by atoms with Crippen LogP contribution >= 0.6 is 23.5 Å². The van der Waals surface area contributed by atoms with Crippen LogP contribution in [0.1, 0.15) is 0 Å². The van der Waals surface area contributed by atoms with E-state index >= 15 is 0 Å². The lowest BCUT2D eigenvalue weighted by Crippen LogP contribution is -2.27. The second kappa shape index (κ2) is 3.08. The highest BCUT2D eigenvalue weighted by atomic mass is 35.5. The van der Waals surface area contributed by atoms with Gasteiger partial charge in [0.2, 0.25) is 0 Å². The van der Waals surface area contributed by atoms with Crippen LogP contribution in [0.2, 0.25) is 5.02 Å². The Labute approximate surface area is 82.8 Å². The molecule has 0 aliphatic carbocycles. The quantitative estimate of drug-likeness (QED) is 0.658. The summed E-state index contributed by atoms with van der Waals surface area (Å²) in [5.74, 6) is -0.495. The molecule has 2 N–H and O–H groups in total. The summed E-state index contributed by atoms with van der Waals surface area (Å²) in [7, 11) is 0. The molecule has 0 fully saturated rings. The average molecular weight is 219 g/mol. The Kier molecular flexibility index (Phi) is 2.05. The minimum atomic E-state index is -0.495. The summed E-state index contributed by atoms with van der Waals surface area (Å²) in [4.78, 5) is 11.5. The van der Waals surface area contributed by atoms with E-state index in [-0.39, 0.29) is 11.1 Å². The van der Waals surface area contributed by atoms with Crippen LogP contribution in [0.4, 0.5) is 14.9 Å². The maximum absolute atomic E-state index is 12.9. The van der Waals surface area contributed by atoms with Gasteiger partial charge in [0.15, 0.2) is 0 Å². The van der Waals surface area contributed by atoms with E-state index in [1.165, 1.54) is 12.1 Å². The van der Waals surface area contributed by atoms with Gasteiger partial charge in [0, 0.05) is 0 Å². The van der Waals surface area contributed by atoms with Gasteiger partial charge in [-0.3, -0.25) is 4.72 Å². The molecule has 1 aliphatic rings. The van der Waals surface area contributed by atoms with Gasteiger partial charge >= 0.3 is 6.03 Å². The van der Waals surface area contributed by atoms with Crippen molar-refractivity contribution in [2.75, 3.05) is 5.32 Å². The number of benzene rings is 1. The number of carbonyl (C=O) groups is 1. The molecule has 0 spiro atoms. The number of amides is 2. The second-order valence-electron chi connectivity index (χ2n) is 2.42. The summed E-state index contributed by atoms with van der Waals surface area (Å²) >= 11 is 6.60. The van der Waals surface area contributed by atoms with Crippen LogP contribution in [0, 0.1) is 5.82 Å². The van der Waals surface area contributed by atoms with E-state index in [4.69, 9.17) is 11.6 Å². The van der Waals surface area contributed by atoms with Gasteiger partial charge in [-0.2, -0.15) is 0 Å². The molecule has 13 heavy (non-hydrogen) atoms. The molecule has 0 unspecified atom stereocenters. The summed E-state index contributed by atoms with van der Waals surface area (Å²) in [5, 5.41) is 2.51. The van der Waals surface area contributed by atoms with E-state index in [0.29, 0.717) is 10.6 Å². The predicted octanol–water partition coefficient (Wildman–Crippen LogP) is 2.62. The van der Waals surface area contributed by atoms with Crippen molar-refractivity contribution in [3.05, 3.63) is 23.0 Å². The first-order valence-corrected chi connectivity index (χ1v) is 4.59. The molecule has 2 rings (SSSR count). The predicted molar refractivity (Wildman–Crippen MR) is 49.4 cm³/mol. The summed E-state index contributed by atoms with van der Waals surface area (Å²) in [5.41, 5.74) is 0.528. The first-order valence-electron chi connectivity index (χ1n) is 3.40. The third-order valence-corrected chi connectivity index (χ3v) is 2.66. The maximum atomic E-state index is 12.9. The molecule has 0 saturated heterocycles. The van der Waals surface area contributed by atoms with E-state index in [2.05, 4.69) is 10.0 Å². The van der Waals surface area contributed by atoms with Gasteiger partial charge in [-0.05, 0) is 24.1 Å². The van der Waals surface area contributed by atoms with Gasteiger partial charge in [-0.25, -0.2) is 9.18 Å². The van der Waals surface area contributed by atoms with E-state index in [1.807, 2.05) is 0 Å².